The van der Waals surface area contributed by atoms with Gasteiger partial charge in [-0.15, -0.1) is 0 Å². The van der Waals surface area contributed by atoms with Crippen LogP contribution in [0.4, 0.5) is 9.59 Å². The van der Waals surface area contributed by atoms with Gasteiger partial charge >= 0.3 is 30.1 Å². The van der Waals surface area contributed by atoms with Crippen LogP contribution in [0.15, 0.2) is 24.3 Å². The van der Waals surface area contributed by atoms with Crippen molar-refractivity contribution < 1.29 is 52.5 Å². The summed E-state index contributed by atoms with van der Waals surface area (Å²) in [5, 5.41) is 7.56. The van der Waals surface area contributed by atoms with Gasteiger partial charge in [0.1, 0.15) is 32.0 Å². The topological polar surface area (TPSA) is 185 Å². The van der Waals surface area contributed by atoms with Crippen molar-refractivity contribution >= 4 is 36.0 Å². The Morgan fingerprint density at radius 2 is 1.20 bits per heavy atom. The average Bonchev–Trinajstić information content (AvgIpc) is 2.94. The number of amides is 3. The van der Waals surface area contributed by atoms with Crippen molar-refractivity contribution in [1.82, 2.24) is 16.0 Å². The number of esters is 3. The third-order valence-electron chi connectivity index (χ3n) is 5.98. The SMILES string of the molecule is C=C(C)C(=O)OCCNC(=O)OCC(C)(COC(=O)NCCOC(=O)C(=C)C)NC(=O)C1CCCCC1C(=O)OC. The Labute approximate surface area is 239 Å². The Morgan fingerprint density at radius 1 is 0.756 bits per heavy atom. The van der Waals surface area contributed by atoms with Gasteiger partial charge in [-0.3, -0.25) is 9.59 Å². The zero-order chi connectivity index (χ0) is 31.0. The monoisotopic (exact) mass is 583 g/mol. The summed E-state index contributed by atoms with van der Waals surface area (Å²) >= 11 is 0. The van der Waals surface area contributed by atoms with Crippen LogP contribution in [0.2, 0.25) is 0 Å². The van der Waals surface area contributed by atoms with Gasteiger partial charge in [-0.1, -0.05) is 26.0 Å². The highest BCUT2D eigenvalue weighted by Crippen LogP contribution is 2.31. The van der Waals surface area contributed by atoms with Crippen LogP contribution in [0.3, 0.4) is 0 Å². The molecule has 3 N–H and O–H groups in total. The molecule has 1 saturated carbocycles. The molecule has 0 heterocycles. The lowest BCUT2D eigenvalue weighted by Crippen LogP contribution is -2.57. The fourth-order valence-electron chi connectivity index (χ4n) is 3.77. The largest absolute Gasteiger partial charge is 0.469 e. The highest BCUT2D eigenvalue weighted by Gasteiger charge is 2.40. The van der Waals surface area contributed by atoms with Crippen LogP contribution in [0.25, 0.3) is 0 Å². The van der Waals surface area contributed by atoms with Gasteiger partial charge in [0.25, 0.3) is 0 Å². The van der Waals surface area contributed by atoms with Gasteiger partial charge in [0, 0.05) is 11.1 Å². The first-order chi connectivity index (χ1) is 19.3. The van der Waals surface area contributed by atoms with Crippen LogP contribution in [0.1, 0.15) is 46.5 Å². The van der Waals surface area contributed by atoms with Crippen molar-refractivity contribution in [2.24, 2.45) is 11.8 Å². The maximum absolute atomic E-state index is 13.3. The van der Waals surface area contributed by atoms with Crippen LogP contribution in [0, 0.1) is 11.8 Å². The lowest BCUT2D eigenvalue weighted by atomic mass is 9.78. The van der Waals surface area contributed by atoms with Gasteiger partial charge in [-0.05, 0) is 33.6 Å². The number of ether oxygens (including phenoxy) is 5. The third-order valence-corrected chi connectivity index (χ3v) is 5.98. The van der Waals surface area contributed by atoms with Crippen molar-refractivity contribution in [2.45, 2.75) is 52.0 Å². The highest BCUT2D eigenvalue weighted by molar-refractivity contribution is 5.87. The van der Waals surface area contributed by atoms with E-state index < -0.39 is 66.6 Å². The number of hydrogen-bond donors (Lipinski definition) is 3. The van der Waals surface area contributed by atoms with Gasteiger partial charge in [0.2, 0.25) is 5.91 Å². The number of carbonyl (C=O) groups is 6. The molecule has 1 aliphatic rings. The molecule has 1 rings (SSSR count). The second kappa shape index (κ2) is 17.6. The summed E-state index contributed by atoms with van der Waals surface area (Å²) in [5.41, 5.74) is -0.963. The zero-order valence-corrected chi connectivity index (χ0v) is 24.1. The third kappa shape index (κ3) is 13.2. The standard InChI is InChI=1S/C27H41N3O11/c1-17(2)22(32)38-13-11-28-25(35)40-15-27(5,16-41-26(36)29-12-14-39-23(33)18(3)4)30-21(31)19-9-7-8-10-20(19)24(34)37-6/h19-20H,1,3,7-16H2,2,4-6H3,(H,28,35)(H,29,36)(H,30,31). The summed E-state index contributed by atoms with van der Waals surface area (Å²) in [7, 11) is 1.26. The Bertz CT molecular complexity index is 945. The Balaban J connectivity index is 2.78. The molecule has 0 aromatic carbocycles. The van der Waals surface area contributed by atoms with E-state index in [4.69, 9.17) is 23.7 Å². The number of hydrogen-bond acceptors (Lipinski definition) is 11. The Hall–Kier alpha value is -4.10. The number of carbonyl (C=O) groups excluding carboxylic acids is 6. The predicted octanol–water partition coefficient (Wildman–Crippen LogP) is 1.53. The molecule has 1 fully saturated rings. The molecule has 0 bridgehead atoms. The quantitative estimate of drug-likeness (QED) is 0.110. The van der Waals surface area contributed by atoms with Crippen LogP contribution in [-0.2, 0) is 42.9 Å². The summed E-state index contributed by atoms with van der Waals surface area (Å²) in [6.07, 6.45) is 0.723. The first-order valence-electron chi connectivity index (χ1n) is 13.2. The molecule has 14 heteroatoms. The second-order valence-corrected chi connectivity index (χ2v) is 9.91. The molecule has 0 aliphatic heterocycles. The number of methoxy groups -OCH3 is 1. The van der Waals surface area contributed by atoms with E-state index in [-0.39, 0.29) is 37.4 Å². The molecule has 0 spiro atoms. The van der Waals surface area contributed by atoms with Crippen molar-refractivity contribution in [3.63, 3.8) is 0 Å². The molecule has 0 aromatic heterocycles. The van der Waals surface area contributed by atoms with Gasteiger partial charge < -0.3 is 39.6 Å². The lowest BCUT2D eigenvalue weighted by molar-refractivity contribution is -0.152. The molecular weight excluding hydrogens is 542 g/mol. The van der Waals surface area contributed by atoms with Crippen LogP contribution in [0.5, 0.6) is 0 Å². The molecule has 3 amide bonds. The van der Waals surface area contributed by atoms with E-state index in [1.807, 2.05) is 0 Å². The normalized spacial score (nSPS) is 16.3. The lowest BCUT2D eigenvalue weighted by Gasteiger charge is -2.34. The van der Waals surface area contributed by atoms with E-state index in [0.29, 0.717) is 12.8 Å². The van der Waals surface area contributed by atoms with E-state index in [0.717, 1.165) is 12.8 Å². The molecule has 0 saturated heterocycles. The molecule has 0 aromatic rings. The van der Waals surface area contributed by atoms with E-state index >= 15 is 0 Å². The smallest absolute Gasteiger partial charge is 0.407 e. The van der Waals surface area contributed by atoms with E-state index in [1.54, 1.807) is 0 Å². The molecule has 230 valence electrons. The van der Waals surface area contributed by atoms with E-state index in [9.17, 15) is 28.8 Å². The minimum atomic E-state index is -1.39. The Morgan fingerprint density at radius 3 is 1.61 bits per heavy atom. The van der Waals surface area contributed by atoms with E-state index in [2.05, 4.69) is 29.1 Å². The van der Waals surface area contributed by atoms with Gasteiger partial charge in [0.15, 0.2) is 0 Å². The number of nitrogens with one attached hydrogen (secondary N) is 3. The Kier molecular flexibility index (Phi) is 15.0. The molecule has 2 unspecified atom stereocenters. The minimum absolute atomic E-state index is 0.0430. The summed E-state index contributed by atoms with van der Waals surface area (Å²) in [6, 6.07) is 0. The van der Waals surface area contributed by atoms with Crippen molar-refractivity contribution in [2.75, 3.05) is 46.6 Å². The molecular formula is C27H41N3O11. The molecule has 41 heavy (non-hydrogen) atoms. The van der Waals surface area contributed by atoms with Crippen LogP contribution >= 0.6 is 0 Å². The molecule has 14 nitrogen and oxygen atoms in total. The fourth-order valence-corrected chi connectivity index (χ4v) is 3.77. The van der Waals surface area contributed by atoms with Crippen molar-refractivity contribution in [3.8, 4) is 0 Å². The molecule has 2 atom stereocenters. The second-order valence-electron chi connectivity index (χ2n) is 9.91. The summed E-state index contributed by atoms with van der Waals surface area (Å²) in [4.78, 5) is 72.8. The summed E-state index contributed by atoms with van der Waals surface area (Å²) in [6.45, 7) is 10.3. The maximum atomic E-state index is 13.3. The maximum Gasteiger partial charge on any atom is 0.407 e. The van der Waals surface area contributed by atoms with E-state index in [1.165, 1.54) is 27.9 Å². The first kappa shape index (κ1) is 34.9. The summed E-state index contributed by atoms with van der Waals surface area (Å²) < 4.78 is 25.1. The number of rotatable bonds is 15. The average molecular weight is 584 g/mol. The van der Waals surface area contributed by atoms with Crippen LogP contribution in [-0.4, -0.2) is 88.2 Å². The minimum Gasteiger partial charge on any atom is -0.469 e. The highest BCUT2D eigenvalue weighted by atomic mass is 16.6. The van der Waals surface area contributed by atoms with Crippen LogP contribution < -0.4 is 16.0 Å². The molecule has 0 radical (unpaired) electrons. The number of alkyl carbamates (subject to hydrolysis) is 2. The van der Waals surface area contributed by atoms with Gasteiger partial charge in [-0.2, -0.15) is 0 Å². The molecule has 1 aliphatic carbocycles. The summed E-state index contributed by atoms with van der Waals surface area (Å²) in [5.74, 6) is -3.48. The predicted molar refractivity (Wildman–Crippen MR) is 144 cm³/mol. The van der Waals surface area contributed by atoms with Gasteiger partial charge in [0.05, 0.1) is 32.0 Å². The zero-order valence-electron chi connectivity index (χ0n) is 24.1. The fraction of sp³-hybridized carbons (Fsp3) is 0.630. The van der Waals surface area contributed by atoms with Crippen molar-refractivity contribution in [1.29, 1.82) is 0 Å². The van der Waals surface area contributed by atoms with Crippen molar-refractivity contribution in [3.05, 3.63) is 24.3 Å². The van der Waals surface area contributed by atoms with Gasteiger partial charge in [-0.25, -0.2) is 19.2 Å². The first-order valence-corrected chi connectivity index (χ1v) is 13.2.